The molecule has 2 atom stereocenters. The van der Waals surface area contributed by atoms with Crippen LogP contribution in [0, 0.1) is 5.92 Å². The fourth-order valence-corrected chi connectivity index (χ4v) is 2.22. The van der Waals surface area contributed by atoms with Crippen LogP contribution in [-0.4, -0.2) is 21.0 Å². The van der Waals surface area contributed by atoms with E-state index in [0.29, 0.717) is 11.7 Å². The molecule has 0 aromatic carbocycles. The van der Waals surface area contributed by atoms with Crippen molar-refractivity contribution in [2.24, 2.45) is 5.92 Å². The average molecular weight is 222 g/mol. The highest BCUT2D eigenvalue weighted by molar-refractivity contribution is 5.86. The van der Waals surface area contributed by atoms with Gasteiger partial charge in [0.15, 0.2) is 0 Å². The van der Waals surface area contributed by atoms with Gasteiger partial charge < -0.3 is 10.1 Å². The Hall–Kier alpha value is -1.65. The number of aromatic carboxylic acids is 1. The molecule has 0 bridgehead atoms. The second-order valence-electron chi connectivity index (χ2n) is 4.43. The van der Waals surface area contributed by atoms with Gasteiger partial charge in [0.1, 0.15) is 11.4 Å². The monoisotopic (exact) mass is 222 g/mol. The molecular weight excluding hydrogens is 208 g/mol. The van der Waals surface area contributed by atoms with Gasteiger partial charge in [0, 0.05) is 12.1 Å². The Labute approximate surface area is 92.5 Å². The van der Waals surface area contributed by atoms with E-state index in [1.165, 1.54) is 0 Å². The number of H-pyrrole nitrogens is 1. The minimum Gasteiger partial charge on any atom is -0.477 e. The molecule has 2 rings (SSSR count). The lowest BCUT2D eigenvalue weighted by molar-refractivity contribution is 0.0694. The van der Waals surface area contributed by atoms with Gasteiger partial charge >= 0.3 is 5.97 Å². The predicted octanol–water partition coefficient (Wildman–Crippen LogP) is 1.37. The second-order valence-corrected chi connectivity index (χ2v) is 4.43. The van der Waals surface area contributed by atoms with Crippen LogP contribution >= 0.6 is 0 Å². The maximum atomic E-state index is 11.4. The molecule has 5 nitrogen and oxygen atoms in total. The van der Waals surface area contributed by atoms with E-state index in [2.05, 4.69) is 16.9 Å². The van der Waals surface area contributed by atoms with E-state index in [-0.39, 0.29) is 11.5 Å². The summed E-state index contributed by atoms with van der Waals surface area (Å²) >= 11 is 0. The SMILES string of the molecule is CC1CCC(c2ncc(C(=O)O)c(=O)[nH]2)C1. The largest absolute Gasteiger partial charge is 0.477 e. The molecule has 0 radical (unpaired) electrons. The first-order chi connectivity index (χ1) is 7.58. The molecule has 16 heavy (non-hydrogen) atoms. The van der Waals surface area contributed by atoms with Gasteiger partial charge in [-0.3, -0.25) is 4.79 Å². The third-order valence-electron chi connectivity index (χ3n) is 3.13. The zero-order valence-electron chi connectivity index (χ0n) is 9.06. The predicted molar refractivity (Wildman–Crippen MR) is 57.6 cm³/mol. The molecule has 0 amide bonds. The molecule has 0 saturated heterocycles. The Morgan fingerprint density at radius 2 is 2.31 bits per heavy atom. The summed E-state index contributed by atoms with van der Waals surface area (Å²) in [6.45, 7) is 2.17. The minimum atomic E-state index is -1.24. The van der Waals surface area contributed by atoms with E-state index in [1.807, 2.05) is 0 Å². The molecule has 1 saturated carbocycles. The van der Waals surface area contributed by atoms with Crippen LogP contribution in [0.1, 0.15) is 48.3 Å². The minimum absolute atomic E-state index is 0.269. The van der Waals surface area contributed by atoms with Crippen molar-refractivity contribution in [2.75, 3.05) is 0 Å². The third kappa shape index (κ3) is 1.98. The molecule has 1 aliphatic rings. The lowest BCUT2D eigenvalue weighted by atomic mass is 10.1. The average Bonchev–Trinajstić information content (AvgIpc) is 2.64. The maximum Gasteiger partial charge on any atom is 0.342 e. The summed E-state index contributed by atoms with van der Waals surface area (Å²) in [5.41, 5.74) is -0.855. The van der Waals surface area contributed by atoms with E-state index < -0.39 is 11.5 Å². The summed E-state index contributed by atoms with van der Waals surface area (Å²) < 4.78 is 0. The molecule has 1 aliphatic carbocycles. The number of hydrogen-bond acceptors (Lipinski definition) is 3. The molecule has 5 heteroatoms. The van der Waals surface area contributed by atoms with Crippen molar-refractivity contribution in [2.45, 2.75) is 32.1 Å². The summed E-state index contributed by atoms with van der Waals surface area (Å²) in [6, 6.07) is 0. The number of nitrogens with zero attached hydrogens (tertiary/aromatic N) is 1. The second kappa shape index (κ2) is 4.08. The number of carbonyl (C=O) groups is 1. The Morgan fingerprint density at radius 3 is 2.81 bits per heavy atom. The number of nitrogens with one attached hydrogen (secondary N) is 1. The number of aromatic amines is 1. The smallest absolute Gasteiger partial charge is 0.342 e. The lowest BCUT2D eigenvalue weighted by Crippen LogP contribution is -2.21. The van der Waals surface area contributed by atoms with Crippen LogP contribution < -0.4 is 5.56 Å². The summed E-state index contributed by atoms with van der Waals surface area (Å²) in [7, 11) is 0. The van der Waals surface area contributed by atoms with E-state index in [4.69, 9.17) is 5.11 Å². The summed E-state index contributed by atoms with van der Waals surface area (Å²) in [4.78, 5) is 28.7. The van der Waals surface area contributed by atoms with Crippen LogP contribution in [0.3, 0.4) is 0 Å². The molecule has 0 aliphatic heterocycles. The molecule has 1 aromatic rings. The zero-order valence-corrected chi connectivity index (χ0v) is 9.06. The van der Waals surface area contributed by atoms with Crippen LogP contribution in [0.5, 0.6) is 0 Å². The summed E-state index contributed by atoms with van der Waals surface area (Å²) in [5, 5.41) is 8.70. The molecule has 0 spiro atoms. The molecule has 2 N–H and O–H groups in total. The fraction of sp³-hybridized carbons (Fsp3) is 0.545. The van der Waals surface area contributed by atoms with Crippen molar-refractivity contribution in [3.05, 3.63) is 27.9 Å². The number of aromatic nitrogens is 2. The van der Waals surface area contributed by atoms with Gasteiger partial charge in [0.05, 0.1) is 0 Å². The van der Waals surface area contributed by atoms with Gasteiger partial charge in [-0.25, -0.2) is 9.78 Å². The number of carboxylic acid groups (broad SMARTS) is 1. The number of carboxylic acids is 1. The molecule has 1 heterocycles. The van der Waals surface area contributed by atoms with Gasteiger partial charge in [-0.05, 0) is 25.2 Å². The lowest BCUT2D eigenvalue weighted by Gasteiger charge is -2.08. The summed E-state index contributed by atoms with van der Waals surface area (Å²) in [6.07, 6.45) is 4.31. The Morgan fingerprint density at radius 1 is 1.56 bits per heavy atom. The van der Waals surface area contributed by atoms with Crippen LogP contribution in [0.15, 0.2) is 11.0 Å². The van der Waals surface area contributed by atoms with Gasteiger partial charge in [0.25, 0.3) is 5.56 Å². The zero-order chi connectivity index (χ0) is 11.7. The van der Waals surface area contributed by atoms with Crippen molar-refractivity contribution in [3.8, 4) is 0 Å². The van der Waals surface area contributed by atoms with E-state index >= 15 is 0 Å². The van der Waals surface area contributed by atoms with Crippen LogP contribution in [-0.2, 0) is 0 Å². The van der Waals surface area contributed by atoms with Crippen molar-refractivity contribution in [3.63, 3.8) is 0 Å². The third-order valence-corrected chi connectivity index (χ3v) is 3.13. The number of hydrogen-bond donors (Lipinski definition) is 2. The van der Waals surface area contributed by atoms with Crippen molar-refractivity contribution in [1.82, 2.24) is 9.97 Å². The Kier molecular flexibility index (Phi) is 2.77. The normalized spacial score (nSPS) is 24.6. The first kappa shape index (κ1) is 10.9. The van der Waals surface area contributed by atoms with Crippen molar-refractivity contribution < 1.29 is 9.90 Å². The van der Waals surface area contributed by atoms with E-state index in [1.54, 1.807) is 0 Å². The highest BCUT2D eigenvalue weighted by atomic mass is 16.4. The van der Waals surface area contributed by atoms with E-state index in [9.17, 15) is 9.59 Å². The van der Waals surface area contributed by atoms with Crippen LogP contribution in [0.2, 0.25) is 0 Å². The molecular formula is C11H14N2O3. The van der Waals surface area contributed by atoms with Crippen LogP contribution in [0.25, 0.3) is 0 Å². The van der Waals surface area contributed by atoms with Gasteiger partial charge in [-0.15, -0.1) is 0 Å². The number of rotatable bonds is 2. The standard InChI is InChI=1S/C11H14N2O3/c1-6-2-3-7(4-6)9-12-5-8(11(15)16)10(14)13-9/h5-7H,2-4H2,1H3,(H,15,16)(H,12,13,14). The van der Waals surface area contributed by atoms with Crippen LogP contribution in [0.4, 0.5) is 0 Å². The molecule has 86 valence electrons. The molecule has 1 fully saturated rings. The van der Waals surface area contributed by atoms with E-state index in [0.717, 1.165) is 25.5 Å². The highest BCUT2D eigenvalue weighted by Gasteiger charge is 2.25. The Bertz CT molecular complexity index is 467. The Balaban J connectivity index is 2.28. The topological polar surface area (TPSA) is 83.0 Å². The summed E-state index contributed by atoms with van der Waals surface area (Å²) in [5.74, 6) is 0.305. The van der Waals surface area contributed by atoms with Gasteiger partial charge in [-0.1, -0.05) is 6.92 Å². The van der Waals surface area contributed by atoms with Crippen molar-refractivity contribution in [1.29, 1.82) is 0 Å². The first-order valence-corrected chi connectivity index (χ1v) is 5.40. The maximum absolute atomic E-state index is 11.4. The van der Waals surface area contributed by atoms with Gasteiger partial charge in [0.2, 0.25) is 0 Å². The van der Waals surface area contributed by atoms with Crippen molar-refractivity contribution >= 4 is 5.97 Å². The molecule has 1 aromatic heterocycles. The fourth-order valence-electron chi connectivity index (χ4n) is 2.22. The quantitative estimate of drug-likeness (QED) is 0.791. The first-order valence-electron chi connectivity index (χ1n) is 5.40. The van der Waals surface area contributed by atoms with Gasteiger partial charge in [-0.2, -0.15) is 0 Å². The molecule has 2 unspecified atom stereocenters. The highest BCUT2D eigenvalue weighted by Crippen LogP contribution is 2.35.